The van der Waals surface area contributed by atoms with Gasteiger partial charge in [0.05, 0.1) is 40.4 Å². The Balaban J connectivity index is 1.08. The lowest BCUT2D eigenvalue weighted by molar-refractivity contribution is -0.141. The molecule has 242 valence electrons. The van der Waals surface area contributed by atoms with Crippen molar-refractivity contribution in [1.82, 2.24) is 25.7 Å². The van der Waals surface area contributed by atoms with E-state index in [1.165, 1.54) is 4.90 Å². The summed E-state index contributed by atoms with van der Waals surface area (Å²) in [6, 6.07) is 8.86. The summed E-state index contributed by atoms with van der Waals surface area (Å²) in [5.41, 5.74) is 4.87. The minimum Gasteiger partial charge on any atom is -0.391 e. The molecule has 6 rings (SSSR count). The SMILES string of the molecule is Cc1ncsc1-c1ccc(C(C)NC(=O)[C@@H]2C[C@@H](O)CN2C(=O)C(c2cc(N3CC(OC4CCNCC4)C3)no2)C(C)C)cc1. The van der Waals surface area contributed by atoms with Crippen molar-refractivity contribution >= 4 is 29.0 Å². The van der Waals surface area contributed by atoms with E-state index in [1.54, 1.807) is 11.3 Å². The minimum atomic E-state index is -0.780. The number of aromatic nitrogens is 2. The van der Waals surface area contributed by atoms with Crippen LogP contribution in [0.5, 0.6) is 0 Å². The van der Waals surface area contributed by atoms with Gasteiger partial charge in [0.2, 0.25) is 11.8 Å². The van der Waals surface area contributed by atoms with Crippen LogP contribution in [0.25, 0.3) is 10.4 Å². The molecule has 3 fully saturated rings. The summed E-state index contributed by atoms with van der Waals surface area (Å²) >= 11 is 1.60. The second-order valence-electron chi connectivity index (χ2n) is 12.9. The number of nitrogens with zero attached hydrogens (tertiary/aromatic N) is 4. The number of benzene rings is 1. The number of piperidine rings is 1. The van der Waals surface area contributed by atoms with E-state index in [1.807, 2.05) is 63.5 Å². The number of aliphatic hydroxyl groups excluding tert-OH is 1. The maximum Gasteiger partial charge on any atom is 0.243 e. The molecule has 1 aromatic carbocycles. The van der Waals surface area contributed by atoms with Gasteiger partial charge in [-0.05, 0) is 56.8 Å². The van der Waals surface area contributed by atoms with Crippen molar-refractivity contribution in [3.63, 3.8) is 0 Å². The normalized spacial score (nSPS) is 22.4. The molecule has 3 aliphatic heterocycles. The van der Waals surface area contributed by atoms with Gasteiger partial charge < -0.3 is 34.8 Å². The molecule has 11 nitrogen and oxygen atoms in total. The molecule has 0 spiro atoms. The van der Waals surface area contributed by atoms with Gasteiger partial charge in [-0.25, -0.2) is 4.98 Å². The fraction of sp³-hybridized carbons (Fsp3) is 0.576. The fourth-order valence-electron chi connectivity index (χ4n) is 6.60. The van der Waals surface area contributed by atoms with Crippen LogP contribution in [0.4, 0.5) is 5.82 Å². The maximum atomic E-state index is 14.0. The van der Waals surface area contributed by atoms with Crippen molar-refractivity contribution in [2.45, 2.75) is 83.3 Å². The molecule has 0 radical (unpaired) electrons. The number of aryl methyl sites for hydroxylation is 1. The zero-order chi connectivity index (χ0) is 31.7. The Kier molecular flexibility index (Phi) is 9.55. The Morgan fingerprint density at radius 2 is 1.84 bits per heavy atom. The summed E-state index contributed by atoms with van der Waals surface area (Å²) in [5, 5.41) is 21.3. The number of nitrogens with one attached hydrogen (secondary N) is 2. The standard InChI is InChI=1S/C33H44N6O5S/c1-19(2)30(28-14-29(37-44-28)38-16-26(17-38)43-25-9-11-34-12-10-25)33(42)39-15-24(40)13-27(39)32(41)36-20(3)22-5-7-23(8-6-22)31-21(4)35-18-45-31/h5-8,14,18-20,24-27,30,34,40H,9-13,15-17H2,1-4H3,(H,36,41)/t20?,24-,27+,30?/m1/s1. The topological polar surface area (TPSA) is 133 Å². The molecule has 0 aliphatic carbocycles. The van der Waals surface area contributed by atoms with Gasteiger partial charge >= 0.3 is 0 Å². The lowest BCUT2D eigenvalue weighted by Crippen LogP contribution is -2.54. The van der Waals surface area contributed by atoms with Crippen LogP contribution in [0.1, 0.15) is 69.0 Å². The summed E-state index contributed by atoms with van der Waals surface area (Å²) in [5.74, 6) is -0.0950. The van der Waals surface area contributed by atoms with Crippen molar-refractivity contribution in [3.05, 3.63) is 52.9 Å². The smallest absolute Gasteiger partial charge is 0.243 e. The Morgan fingerprint density at radius 3 is 2.51 bits per heavy atom. The predicted molar refractivity (Wildman–Crippen MR) is 172 cm³/mol. The molecule has 2 aromatic heterocycles. The van der Waals surface area contributed by atoms with Gasteiger partial charge in [-0.2, -0.15) is 0 Å². The lowest BCUT2D eigenvalue weighted by Gasteiger charge is -2.41. The van der Waals surface area contributed by atoms with Crippen molar-refractivity contribution in [1.29, 1.82) is 0 Å². The molecule has 4 atom stereocenters. The molecule has 12 heteroatoms. The van der Waals surface area contributed by atoms with E-state index in [0.717, 1.165) is 60.7 Å². The van der Waals surface area contributed by atoms with E-state index in [0.29, 0.717) is 17.7 Å². The summed E-state index contributed by atoms with van der Waals surface area (Å²) < 4.78 is 12.0. The van der Waals surface area contributed by atoms with Crippen LogP contribution in [-0.2, 0) is 14.3 Å². The first-order valence-corrected chi connectivity index (χ1v) is 16.9. The van der Waals surface area contributed by atoms with Crippen LogP contribution < -0.4 is 15.5 Å². The van der Waals surface area contributed by atoms with E-state index >= 15 is 0 Å². The number of hydrogen-bond acceptors (Lipinski definition) is 10. The van der Waals surface area contributed by atoms with Gasteiger partial charge in [-0.15, -0.1) is 11.3 Å². The predicted octanol–water partition coefficient (Wildman–Crippen LogP) is 3.64. The summed E-state index contributed by atoms with van der Waals surface area (Å²) in [6.07, 6.45) is 1.95. The van der Waals surface area contributed by atoms with Gasteiger partial charge in [-0.3, -0.25) is 9.59 Å². The van der Waals surface area contributed by atoms with Crippen LogP contribution in [-0.4, -0.2) is 89.0 Å². The third-order valence-corrected chi connectivity index (χ3v) is 10.2. The average molecular weight is 637 g/mol. The number of carbonyl (C=O) groups is 2. The third kappa shape index (κ3) is 6.94. The first-order valence-electron chi connectivity index (χ1n) is 16.0. The molecule has 3 N–H and O–H groups in total. The second kappa shape index (κ2) is 13.6. The Labute approximate surface area is 268 Å². The zero-order valence-electron chi connectivity index (χ0n) is 26.4. The number of amides is 2. The van der Waals surface area contributed by atoms with Crippen LogP contribution in [0.2, 0.25) is 0 Å². The van der Waals surface area contributed by atoms with Gasteiger partial charge in [-0.1, -0.05) is 43.3 Å². The highest BCUT2D eigenvalue weighted by Crippen LogP contribution is 2.34. The second-order valence-corrected chi connectivity index (χ2v) is 13.8. The average Bonchev–Trinajstić information content (AvgIpc) is 3.75. The van der Waals surface area contributed by atoms with E-state index in [2.05, 4.69) is 25.7 Å². The molecule has 5 heterocycles. The van der Waals surface area contributed by atoms with Crippen molar-refractivity contribution in [2.75, 3.05) is 37.6 Å². The molecule has 3 saturated heterocycles. The van der Waals surface area contributed by atoms with E-state index in [9.17, 15) is 14.7 Å². The first kappa shape index (κ1) is 31.7. The number of hydrogen-bond donors (Lipinski definition) is 3. The Morgan fingerprint density at radius 1 is 1.11 bits per heavy atom. The minimum absolute atomic E-state index is 0.0975. The molecule has 45 heavy (non-hydrogen) atoms. The van der Waals surface area contributed by atoms with Gasteiger partial charge in [0, 0.05) is 32.1 Å². The van der Waals surface area contributed by atoms with Crippen molar-refractivity contribution < 1.29 is 24.0 Å². The number of ether oxygens (including phenoxy) is 1. The zero-order valence-corrected chi connectivity index (χ0v) is 27.3. The quantitative estimate of drug-likeness (QED) is 0.305. The number of β-amino-alcohol motifs (C(OH)–C–C–N with tert-alkyl or cyclic N) is 1. The third-order valence-electron chi connectivity index (χ3n) is 9.24. The van der Waals surface area contributed by atoms with E-state index < -0.39 is 18.1 Å². The Bertz CT molecular complexity index is 1460. The Hall–Kier alpha value is -3.32. The molecule has 3 aromatic rings. The summed E-state index contributed by atoms with van der Waals surface area (Å²) in [4.78, 5) is 36.6. The van der Waals surface area contributed by atoms with Gasteiger partial charge in [0.1, 0.15) is 12.0 Å². The highest BCUT2D eigenvalue weighted by Gasteiger charge is 2.44. The van der Waals surface area contributed by atoms with Crippen LogP contribution in [0.15, 0.2) is 40.4 Å². The maximum absolute atomic E-state index is 14.0. The van der Waals surface area contributed by atoms with E-state index in [-0.39, 0.29) is 42.8 Å². The largest absolute Gasteiger partial charge is 0.391 e. The molecule has 0 saturated carbocycles. The van der Waals surface area contributed by atoms with Crippen molar-refractivity contribution in [3.8, 4) is 10.4 Å². The highest BCUT2D eigenvalue weighted by molar-refractivity contribution is 7.13. The number of anilines is 1. The number of carbonyl (C=O) groups excluding carboxylic acids is 2. The number of likely N-dealkylation sites (tertiary alicyclic amines) is 1. The fourth-order valence-corrected chi connectivity index (χ4v) is 7.42. The van der Waals surface area contributed by atoms with E-state index in [4.69, 9.17) is 9.26 Å². The molecular formula is C33H44N6O5S. The molecule has 3 aliphatic rings. The lowest BCUT2D eigenvalue weighted by atomic mass is 9.91. The highest BCUT2D eigenvalue weighted by atomic mass is 32.1. The van der Waals surface area contributed by atoms with Gasteiger partial charge in [0.15, 0.2) is 11.6 Å². The molecule has 0 bridgehead atoms. The van der Waals surface area contributed by atoms with Crippen LogP contribution in [0, 0.1) is 12.8 Å². The molecule has 2 amide bonds. The molecular weight excluding hydrogens is 592 g/mol. The van der Waals surface area contributed by atoms with Gasteiger partial charge in [0.25, 0.3) is 0 Å². The monoisotopic (exact) mass is 636 g/mol. The summed E-state index contributed by atoms with van der Waals surface area (Å²) in [7, 11) is 0. The first-order chi connectivity index (χ1) is 21.7. The number of rotatable bonds is 10. The molecule has 2 unspecified atom stereocenters. The van der Waals surface area contributed by atoms with Crippen LogP contribution in [0.3, 0.4) is 0 Å². The van der Waals surface area contributed by atoms with Crippen LogP contribution >= 0.6 is 11.3 Å². The van der Waals surface area contributed by atoms with Crippen molar-refractivity contribution in [2.24, 2.45) is 5.92 Å². The number of aliphatic hydroxyl groups is 1. The number of thiazole rings is 1. The summed E-state index contributed by atoms with van der Waals surface area (Å²) in [6.45, 7) is 11.4.